The van der Waals surface area contributed by atoms with Gasteiger partial charge in [-0.15, -0.1) is 11.6 Å². The Morgan fingerprint density at radius 1 is 1.47 bits per heavy atom. The Hall–Kier alpha value is -1.14. The van der Waals surface area contributed by atoms with E-state index < -0.39 is 20.0 Å². The molecule has 0 spiro atoms. The third-order valence-electron chi connectivity index (χ3n) is 2.51. The molecule has 0 aliphatic rings. The fourth-order valence-corrected chi connectivity index (χ4v) is 3.31. The molecule has 0 fully saturated rings. The summed E-state index contributed by atoms with van der Waals surface area (Å²) in [5.74, 6) is -0.0511. The normalized spacial score (nSPS) is 13.4. The molecule has 0 amide bonds. The van der Waals surface area contributed by atoms with Crippen molar-refractivity contribution in [1.82, 2.24) is 0 Å². The molecule has 0 aliphatic heterocycles. The first-order chi connectivity index (χ1) is 7.82. The Labute approximate surface area is 104 Å². The number of benzene rings is 1. The van der Waals surface area contributed by atoms with Crippen LogP contribution in [-0.2, 0) is 9.84 Å². The molecular weight excluding hydrogens is 266 g/mol. The molecule has 0 radical (unpaired) electrons. The Morgan fingerprint density at radius 3 is 2.53 bits per heavy atom. The summed E-state index contributed by atoms with van der Waals surface area (Å²) in [6, 6.07) is 4.00. The fourth-order valence-electron chi connectivity index (χ4n) is 1.41. The van der Waals surface area contributed by atoms with Gasteiger partial charge in [0.05, 0.1) is 15.1 Å². The van der Waals surface area contributed by atoms with E-state index in [9.17, 15) is 18.5 Å². The van der Waals surface area contributed by atoms with Crippen LogP contribution in [0.25, 0.3) is 0 Å². The Bertz CT molecular complexity index is 541. The monoisotopic (exact) mass is 277 g/mol. The Balaban J connectivity index is 3.44. The first-order valence-electron chi connectivity index (χ1n) is 4.86. The minimum absolute atomic E-state index is 0.0279. The maximum Gasteiger partial charge on any atom is 0.273 e. The number of nitro benzene ring substituents is 1. The van der Waals surface area contributed by atoms with Crippen LogP contribution in [0.1, 0.15) is 12.5 Å². The van der Waals surface area contributed by atoms with Crippen LogP contribution in [0.15, 0.2) is 23.1 Å². The summed E-state index contributed by atoms with van der Waals surface area (Å²) in [7, 11) is -3.61. The zero-order valence-electron chi connectivity index (χ0n) is 9.38. The predicted octanol–water partition coefficient (Wildman–Crippen LogP) is 2.30. The van der Waals surface area contributed by atoms with E-state index in [1.54, 1.807) is 0 Å². The second-order valence-electron chi connectivity index (χ2n) is 3.67. The Kier molecular flexibility index (Phi) is 4.11. The molecule has 0 aliphatic carbocycles. The van der Waals surface area contributed by atoms with Gasteiger partial charge >= 0.3 is 0 Å². The standard InChI is InChI=1S/C10H12ClNO4S/c1-7(6-11)17(15,16)10-5-3-4-9(8(10)2)12(13)14/h3-5,7H,6H2,1-2H3. The van der Waals surface area contributed by atoms with Crippen LogP contribution in [0.4, 0.5) is 5.69 Å². The molecule has 0 heterocycles. The van der Waals surface area contributed by atoms with Crippen molar-refractivity contribution in [1.29, 1.82) is 0 Å². The minimum atomic E-state index is -3.61. The van der Waals surface area contributed by atoms with Crippen molar-refractivity contribution in [3.8, 4) is 0 Å². The van der Waals surface area contributed by atoms with E-state index in [2.05, 4.69) is 0 Å². The van der Waals surface area contributed by atoms with Crippen molar-refractivity contribution in [2.45, 2.75) is 24.0 Å². The van der Waals surface area contributed by atoms with Gasteiger partial charge in [0.15, 0.2) is 9.84 Å². The van der Waals surface area contributed by atoms with E-state index in [0.717, 1.165) is 0 Å². The first kappa shape index (κ1) is 13.9. The molecule has 0 saturated heterocycles. The molecule has 0 aromatic heterocycles. The number of halogens is 1. The molecule has 17 heavy (non-hydrogen) atoms. The maximum atomic E-state index is 12.1. The summed E-state index contributed by atoms with van der Waals surface area (Å²) in [5, 5.41) is 9.95. The largest absolute Gasteiger partial charge is 0.273 e. The summed E-state index contributed by atoms with van der Waals surface area (Å²) in [6.45, 7) is 2.90. The highest BCUT2D eigenvalue weighted by molar-refractivity contribution is 7.92. The highest BCUT2D eigenvalue weighted by atomic mass is 35.5. The molecule has 0 bridgehead atoms. The molecule has 1 unspecified atom stereocenters. The van der Waals surface area contributed by atoms with Gasteiger partial charge in [0, 0.05) is 17.5 Å². The number of hydrogen-bond donors (Lipinski definition) is 0. The summed E-state index contributed by atoms with van der Waals surface area (Å²) >= 11 is 5.53. The number of sulfone groups is 1. The third-order valence-corrected chi connectivity index (χ3v) is 5.43. The molecule has 7 heteroatoms. The molecular formula is C10H12ClNO4S. The lowest BCUT2D eigenvalue weighted by Gasteiger charge is -2.11. The van der Waals surface area contributed by atoms with Crippen LogP contribution in [0.3, 0.4) is 0 Å². The summed E-state index contributed by atoms with van der Waals surface area (Å²) < 4.78 is 24.1. The zero-order chi connectivity index (χ0) is 13.2. The van der Waals surface area contributed by atoms with E-state index in [1.165, 1.54) is 32.0 Å². The molecule has 0 N–H and O–H groups in total. The smallest absolute Gasteiger partial charge is 0.258 e. The van der Waals surface area contributed by atoms with E-state index in [-0.39, 0.29) is 22.0 Å². The summed E-state index contributed by atoms with van der Waals surface area (Å²) in [5.41, 5.74) is -0.0534. The second kappa shape index (κ2) is 5.01. The molecule has 0 saturated carbocycles. The van der Waals surface area contributed by atoms with Gasteiger partial charge in [-0.2, -0.15) is 0 Å². The van der Waals surface area contributed by atoms with Crippen molar-refractivity contribution < 1.29 is 13.3 Å². The van der Waals surface area contributed by atoms with Gasteiger partial charge in [-0.3, -0.25) is 10.1 Å². The molecule has 5 nitrogen and oxygen atoms in total. The summed E-state index contributed by atoms with van der Waals surface area (Å²) in [6.07, 6.45) is 0. The highest BCUT2D eigenvalue weighted by Crippen LogP contribution is 2.27. The van der Waals surface area contributed by atoms with E-state index in [1.807, 2.05) is 0 Å². The van der Waals surface area contributed by atoms with Crippen molar-refractivity contribution in [3.63, 3.8) is 0 Å². The van der Waals surface area contributed by atoms with Crippen LogP contribution >= 0.6 is 11.6 Å². The van der Waals surface area contributed by atoms with Crippen molar-refractivity contribution in [2.24, 2.45) is 0 Å². The quantitative estimate of drug-likeness (QED) is 0.481. The van der Waals surface area contributed by atoms with Gasteiger partial charge in [0.25, 0.3) is 5.69 Å². The van der Waals surface area contributed by atoms with Crippen LogP contribution in [0.2, 0.25) is 0 Å². The SMILES string of the molecule is Cc1c([N+](=O)[O-])cccc1S(=O)(=O)C(C)CCl. The van der Waals surface area contributed by atoms with Crippen molar-refractivity contribution in [3.05, 3.63) is 33.9 Å². The van der Waals surface area contributed by atoms with Crippen molar-refractivity contribution >= 4 is 27.1 Å². The van der Waals surface area contributed by atoms with Gasteiger partial charge in [-0.05, 0) is 19.9 Å². The number of rotatable bonds is 4. The van der Waals surface area contributed by atoms with E-state index >= 15 is 0 Å². The number of alkyl halides is 1. The number of hydrogen-bond acceptors (Lipinski definition) is 4. The van der Waals surface area contributed by atoms with Crippen LogP contribution < -0.4 is 0 Å². The third kappa shape index (κ3) is 2.58. The lowest BCUT2D eigenvalue weighted by molar-refractivity contribution is -0.385. The molecule has 1 aromatic carbocycles. The molecule has 1 rings (SSSR count). The summed E-state index contributed by atoms with van der Waals surface area (Å²) in [4.78, 5) is 10.1. The molecule has 1 aromatic rings. The maximum absolute atomic E-state index is 12.1. The predicted molar refractivity (Wildman–Crippen MR) is 65.2 cm³/mol. The first-order valence-corrected chi connectivity index (χ1v) is 6.94. The van der Waals surface area contributed by atoms with Gasteiger partial charge < -0.3 is 0 Å². The highest BCUT2D eigenvalue weighted by Gasteiger charge is 2.27. The average Bonchev–Trinajstić information content (AvgIpc) is 2.27. The minimum Gasteiger partial charge on any atom is -0.258 e. The second-order valence-corrected chi connectivity index (χ2v) is 6.31. The van der Waals surface area contributed by atoms with Gasteiger partial charge in [0.2, 0.25) is 0 Å². The topological polar surface area (TPSA) is 77.3 Å². The fraction of sp³-hybridized carbons (Fsp3) is 0.400. The Morgan fingerprint density at radius 2 is 2.06 bits per heavy atom. The van der Waals surface area contributed by atoms with Crippen LogP contribution in [0, 0.1) is 17.0 Å². The van der Waals surface area contributed by atoms with Crippen LogP contribution in [-0.4, -0.2) is 24.5 Å². The molecule has 1 atom stereocenters. The molecule has 94 valence electrons. The number of nitro groups is 1. The van der Waals surface area contributed by atoms with Gasteiger partial charge in [-0.1, -0.05) is 6.07 Å². The lowest BCUT2D eigenvalue weighted by atomic mass is 10.2. The van der Waals surface area contributed by atoms with Crippen molar-refractivity contribution in [2.75, 3.05) is 5.88 Å². The lowest BCUT2D eigenvalue weighted by Crippen LogP contribution is -2.20. The van der Waals surface area contributed by atoms with E-state index in [0.29, 0.717) is 0 Å². The van der Waals surface area contributed by atoms with E-state index in [4.69, 9.17) is 11.6 Å². The van der Waals surface area contributed by atoms with Crippen LogP contribution in [0.5, 0.6) is 0 Å². The number of nitrogens with zero attached hydrogens (tertiary/aromatic N) is 1. The zero-order valence-corrected chi connectivity index (χ0v) is 11.0. The average molecular weight is 278 g/mol. The van der Waals surface area contributed by atoms with Gasteiger partial charge in [-0.25, -0.2) is 8.42 Å². The van der Waals surface area contributed by atoms with Gasteiger partial charge in [0.1, 0.15) is 0 Å².